The Bertz CT molecular complexity index is 805. The molecular formula is C17H13Cl2N3S. The summed E-state index contributed by atoms with van der Waals surface area (Å²) < 4.78 is 0. The number of hydrogen-bond donors (Lipinski definition) is 1. The zero-order valence-corrected chi connectivity index (χ0v) is 14.6. The molecule has 116 valence electrons. The summed E-state index contributed by atoms with van der Waals surface area (Å²) in [5, 5.41) is 5.49. The Morgan fingerprint density at radius 2 is 1.48 bits per heavy atom. The molecule has 1 heterocycles. The molecule has 2 aromatic carbocycles. The Morgan fingerprint density at radius 3 is 2.09 bits per heavy atom. The lowest BCUT2D eigenvalue weighted by atomic mass is 10.1. The minimum absolute atomic E-state index is 0.545. The molecule has 0 unspecified atom stereocenters. The first-order chi connectivity index (χ1) is 11.1. The number of nitrogens with one attached hydrogen (secondary N) is 1. The highest BCUT2D eigenvalue weighted by molar-refractivity contribution is 7.98. The van der Waals surface area contributed by atoms with E-state index in [4.69, 9.17) is 23.2 Å². The maximum atomic E-state index is 5.95. The van der Waals surface area contributed by atoms with Gasteiger partial charge < -0.3 is 5.32 Å². The van der Waals surface area contributed by atoms with Crippen molar-refractivity contribution < 1.29 is 0 Å². The van der Waals surface area contributed by atoms with Crippen molar-refractivity contribution >= 4 is 46.6 Å². The van der Waals surface area contributed by atoms with Gasteiger partial charge in [-0.05, 0) is 48.7 Å². The van der Waals surface area contributed by atoms with Crippen LogP contribution >= 0.6 is 35.0 Å². The number of aromatic nitrogens is 2. The Morgan fingerprint density at radius 1 is 0.870 bits per heavy atom. The predicted octanol–water partition coefficient (Wildman–Crippen LogP) is 5.92. The molecule has 0 spiro atoms. The van der Waals surface area contributed by atoms with Gasteiger partial charge in [-0.3, -0.25) is 0 Å². The topological polar surface area (TPSA) is 37.8 Å². The van der Waals surface area contributed by atoms with Gasteiger partial charge in [-0.25, -0.2) is 9.97 Å². The summed E-state index contributed by atoms with van der Waals surface area (Å²) in [6.07, 6.45) is 1.99. The van der Waals surface area contributed by atoms with Gasteiger partial charge in [-0.2, -0.15) is 0 Å². The van der Waals surface area contributed by atoms with Crippen molar-refractivity contribution in [1.29, 1.82) is 0 Å². The summed E-state index contributed by atoms with van der Waals surface area (Å²) in [5.41, 5.74) is 2.72. The van der Waals surface area contributed by atoms with Gasteiger partial charge in [0.1, 0.15) is 5.03 Å². The molecule has 0 aliphatic rings. The second-order valence-electron chi connectivity index (χ2n) is 4.76. The molecule has 0 bridgehead atoms. The van der Waals surface area contributed by atoms with Crippen LogP contribution in [0.25, 0.3) is 11.3 Å². The fraction of sp³-hybridized carbons (Fsp3) is 0.0588. The lowest BCUT2D eigenvalue weighted by molar-refractivity contribution is 1.06. The molecule has 0 amide bonds. The molecular weight excluding hydrogens is 349 g/mol. The molecule has 3 rings (SSSR count). The first-order valence-corrected chi connectivity index (χ1v) is 8.84. The quantitative estimate of drug-likeness (QED) is 0.462. The molecule has 23 heavy (non-hydrogen) atoms. The third-order valence-corrected chi connectivity index (χ3v) is 4.28. The molecule has 3 aromatic rings. The Labute approximate surface area is 149 Å². The second kappa shape index (κ2) is 7.21. The van der Waals surface area contributed by atoms with Crippen LogP contribution in [0.3, 0.4) is 0 Å². The lowest BCUT2D eigenvalue weighted by Gasteiger charge is -2.09. The molecule has 3 nitrogen and oxygen atoms in total. The van der Waals surface area contributed by atoms with E-state index in [9.17, 15) is 0 Å². The minimum Gasteiger partial charge on any atom is -0.324 e. The van der Waals surface area contributed by atoms with Crippen LogP contribution in [-0.2, 0) is 0 Å². The van der Waals surface area contributed by atoms with E-state index < -0.39 is 0 Å². The summed E-state index contributed by atoms with van der Waals surface area (Å²) in [5.74, 6) is 0.545. The van der Waals surface area contributed by atoms with Crippen LogP contribution < -0.4 is 5.32 Å². The number of halogens is 2. The van der Waals surface area contributed by atoms with Crippen molar-refractivity contribution in [3.05, 3.63) is 64.6 Å². The van der Waals surface area contributed by atoms with Crippen LogP contribution in [0.1, 0.15) is 0 Å². The third kappa shape index (κ3) is 4.16. The standard InChI is InChI=1S/C17H13Cl2N3S/c1-23-16-10-15(11-2-4-12(18)5-3-11)21-17(22-16)20-14-8-6-13(19)7-9-14/h2-10H,1H3,(H,20,21,22). The van der Waals surface area contributed by atoms with E-state index in [1.807, 2.05) is 60.9 Å². The van der Waals surface area contributed by atoms with Gasteiger partial charge in [0.05, 0.1) is 5.69 Å². The van der Waals surface area contributed by atoms with E-state index in [1.54, 1.807) is 11.8 Å². The van der Waals surface area contributed by atoms with Gasteiger partial charge in [0, 0.05) is 21.3 Å². The highest BCUT2D eigenvalue weighted by Crippen LogP contribution is 2.26. The SMILES string of the molecule is CSc1cc(-c2ccc(Cl)cc2)nc(Nc2ccc(Cl)cc2)n1. The van der Waals surface area contributed by atoms with E-state index in [1.165, 1.54) is 0 Å². The normalized spacial score (nSPS) is 10.6. The smallest absolute Gasteiger partial charge is 0.228 e. The van der Waals surface area contributed by atoms with Gasteiger partial charge in [0.25, 0.3) is 0 Å². The predicted molar refractivity (Wildman–Crippen MR) is 99.0 cm³/mol. The van der Waals surface area contributed by atoms with Crippen LogP contribution in [0.2, 0.25) is 10.0 Å². The average Bonchev–Trinajstić information content (AvgIpc) is 2.57. The fourth-order valence-corrected chi connectivity index (χ4v) is 2.68. The molecule has 0 radical (unpaired) electrons. The summed E-state index contributed by atoms with van der Waals surface area (Å²) in [6.45, 7) is 0. The number of benzene rings is 2. The van der Waals surface area contributed by atoms with Crippen molar-refractivity contribution in [2.75, 3.05) is 11.6 Å². The lowest BCUT2D eigenvalue weighted by Crippen LogP contribution is -1.99. The third-order valence-electron chi connectivity index (χ3n) is 3.15. The number of hydrogen-bond acceptors (Lipinski definition) is 4. The van der Waals surface area contributed by atoms with Crippen molar-refractivity contribution in [3.8, 4) is 11.3 Å². The average molecular weight is 362 g/mol. The molecule has 0 aliphatic carbocycles. The van der Waals surface area contributed by atoms with Crippen LogP contribution in [0.15, 0.2) is 59.6 Å². The highest BCUT2D eigenvalue weighted by Gasteiger charge is 2.07. The van der Waals surface area contributed by atoms with E-state index in [0.29, 0.717) is 16.0 Å². The minimum atomic E-state index is 0.545. The fourth-order valence-electron chi connectivity index (χ4n) is 2.02. The number of rotatable bonds is 4. The van der Waals surface area contributed by atoms with E-state index in [-0.39, 0.29) is 0 Å². The van der Waals surface area contributed by atoms with Gasteiger partial charge in [-0.1, -0.05) is 35.3 Å². The van der Waals surface area contributed by atoms with Crippen LogP contribution in [0.5, 0.6) is 0 Å². The summed E-state index contributed by atoms with van der Waals surface area (Å²) in [4.78, 5) is 9.08. The zero-order chi connectivity index (χ0) is 16.2. The first-order valence-electron chi connectivity index (χ1n) is 6.85. The Kier molecular flexibility index (Phi) is 5.06. The molecule has 6 heteroatoms. The second-order valence-corrected chi connectivity index (χ2v) is 6.46. The monoisotopic (exact) mass is 361 g/mol. The highest BCUT2D eigenvalue weighted by atomic mass is 35.5. The van der Waals surface area contributed by atoms with Crippen molar-refractivity contribution in [2.45, 2.75) is 5.03 Å². The molecule has 1 aromatic heterocycles. The summed E-state index contributed by atoms with van der Waals surface area (Å²) >= 11 is 13.4. The van der Waals surface area contributed by atoms with E-state index >= 15 is 0 Å². The number of thioether (sulfide) groups is 1. The number of anilines is 2. The number of nitrogens with zero attached hydrogens (tertiary/aromatic N) is 2. The van der Waals surface area contributed by atoms with E-state index in [2.05, 4.69) is 15.3 Å². The zero-order valence-electron chi connectivity index (χ0n) is 12.3. The molecule has 0 saturated carbocycles. The molecule has 0 fully saturated rings. The van der Waals surface area contributed by atoms with Gasteiger partial charge in [-0.15, -0.1) is 11.8 Å². The van der Waals surface area contributed by atoms with Gasteiger partial charge >= 0.3 is 0 Å². The van der Waals surface area contributed by atoms with Crippen LogP contribution in [0.4, 0.5) is 11.6 Å². The van der Waals surface area contributed by atoms with Crippen LogP contribution in [0, 0.1) is 0 Å². The summed E-state index contributed by atoms with van der Waals surface area (Å²) in [6, 6.07) is 17.0. The Balaban J connectivity index is 1.95. The maximum Gasteiger partial charge on any atom is 0.228 e. The van der Waals surface area contributed by atoms with Gasteiger partial charge in [0.2, 0.25) is 5.95 Å². The largest absolute Gasteiger partial charge is 0.324 e. The Hall–Kier alpha value is -1.75. The van der Waals surface area contributed by atoms with Crippen LogP contribution in [-0.4, -0.2) is 16.2 Å². The molecule has 0 aliphatic heterocycles. The maximum absolute atomic E-state index is 5.95. The molecule has 0 atom stereocenters. The van der Waals surface area contributed by atoms with Gasteiger partial charge in [0.15, 0.2) is 0 Å². The van der Waals surface area contributed by atoms with Crippen molar-refractivity contribution in [1.82, 2.24) is 9.97 Å². The molecule has 1 N–H and O–H groups in total. The molecule has 0 saturated heterocycles. The van der Waals surface area contributed by atoms with Crippen molar-refractivity contribution in [2.24, 2.45) is 0 Å². The summed E-state index contributed by atoms with van der Waals surface area (Å²) in [7, 11) is 0. The van der Waals surface area contributed by atoms with Crippen molar-refractivity contribution in [3.63, 3.8) is 0 Å². The van der Waals surface area contributed by atoms with E-state index in [0.717, 1.165) is 22.0 Å². The first kappa shape index (κ1) is 16.1.